The molecular weight excluding hydrogens is 350 g/mol. The van der Waals surface area contributed by atoms with Crippen molar-refractivity contribution in [1.29, 1.82) is 0 Å². The first-order valence-corrected chi connectivity index (χ1v) is 10.2. The van der Waals surface area contributed by atoms with E-state index in [0.717, 1.165) is 44.2 Å². The fraction of sp³-hybridized carbons (Fsp3) is 0.435. The van der Waals surface area contributed by atoms with Crippen molar-refractivity contribution >= 4 is 11.6 Å². The molecule has 1 aliphatic heterocycles. The molecule has 1 fully saturated rings. The molecule has 3 N–H and O–H groups in total. The minimum atomic E-state index is 0.103. The van der Waals surface area contributed by atoms with Crippen LogP contribution in [0, 0.1) is 0 Å². The van der Waals surface area contributed by atoms with Crippen molar-refractivity contribution in [3.8, 4) is 5.75 Å². The molecule has 0 saturated carbocycles. The van der Waals surface area contributed by atoms with Crippen LogP contribution in [0.1, 0.15) is 30.9 Å². The highest BCUT2D eigenvalue weighted by atomic mass is 16.5. The Bertz CT molecular complexity index is 748. The average molecular weight is 384 g/mol. The number of nitrogens with one attached hydrogen (secondary N) is 3. The normalized spacial score (nSPS) is 19.4. The maximum atomic E-state index is 12.4. The molecule has 0 radical (unpaired) electrons. The molecule has 0 unspecified atom stereocenters. The van der Waals surface area contributed by atoms with Gasteiger partial charge in [-0.05, 0) is 47.9 Å². The van der Waals surface area contributed by atoms with E-state index in [9.17, 15) is 4.79 Å². The number of rotatable bonds is 7. The van der Waals surface area contributed by atoms with Gasteiger partial charge in [-0.2, -0.15) is 0 Å². The zero-order valence-electron chi connectivity index (χ0n) is 17.3. The number of hydrogen-bond acceptors (Lipinski definition) is 2. The lowest BCUT2D eigenvalue weighted by Gasteiger charge is -2.29. The molecule has 0 bridgehead atoms. The second-order valence-electron chi connectivity index (χ2n) is 8.03. The van der Waals surface area contributed by atoms with Crippen LogP contribution in [0.4, 0.5) is 5.69 Å². The maximum Gasteiger partial charge on any atom is 0.279 e. The van der Waals surface area contributed by atoms with E-state index in [1.165, 1.54) is 16.0 Å². The molecule has 28 heavy (non-hydrogen) atoms. The number of quaternary nitrogens is 2. The predicted octanol–water partition coefficient (Wildman–Crippen LogP) is 0.741. The summed E-state index contributed by atoms with van der Waals surface area (Å²) >= 11 is 0. The first-order valence-electron chi connectivity index (χ1n) is 10.2. The summed E-state index contributed by atoms with van der Waals surface area (Å²) in [7, 11) is 1.69. The molecule has 1 amide bonds. The molecule has 2 aromatic rings. The Balaban J connectivity index is 1.41. The summed E-state index contributed by atoms with van der Waals surface area (Å²) in [5, 5.41) is 3.04. The quantitative estimate of drug-likeness (QED) is 0.661. The van der Waals surface area contributed by atoms with E-state index in [1.807, 2.05) is 24.3 Å². The smallest absolute Gasteiger partial charge is 0.279 e. The van der Waals surface area contributed by atoms with E-state index in [-0.39, 0.29) is 5.91 Å². The van der Waals surface area contributed by atoms with Gasteiger partial charge in [0, 0.05) is 11.3 Å². The molecule has 5 nitrogen and oxygen atoms in total. The average Bonchev–Trinajstić information content (AvgIpc) is 2.70. The largest absolute Gasteiger partial charge is 0.497 e. The molecule has 1 saturated heterocycles. The summed E-state index contributed by atoms with van der Waals surface area (Å²) in [6, 6.07) is 16.5. The minimum Gasteiger partial charge on any atom is -0.497 e. The van der Waals surface area contributed by atoms with Crippen molar-refractivity contribution in [2.45, 2.75) is 26.3 Å². The van der Waals surface area contributed by atoms with E-state index in [1.54, 1.807) is 12.0 Å². The molecule has 2 aromatic carbocycles. The monoisotopic (exact) mass is 383 g/mol. The maximum absolute atomic E-state index is 12.4. The molecule has 3 rings (SSSR count). The highest BCUT2D eigenvalue weighted by Crippen LogP contribution is 2.16. The summed E-state index contributed by atoms with van der Waals surface area (Å²) in [4.78, 5) is 15.3. The van der Waals surface area contributed by atoms with E-state index in [4.69, 9.17) is 4.74 Å². The molecule has 0 atom stereocenters. The second kappa shape index (κ2) is 9.71. The van der Waals surface area contributed by atoms with Crippen LogP contribution in [0.3, 0.4) is 0 Å². The van der Waals surface area contributed by atoms with Crippen LogP contribution in [-0.4, -0.2) is 45.7 Å². The first kappa shape index (κ1) is 20.4. The SMILES string of the molecule is COc1ccc(C[NH+]2CC[NH+](CC(=O)Nc3ccc(C(C)C)cc3)CC2)cc1. The molecule has 150 valence electrons. The van der Waals surface area contributed by atoms with Crippen molar-refractivity contribution in [3.05, 3.63) is 59.7 Å². The number of anilines is 1. The summed E-state index contributed by atoms with van der Waals surface area (Å²) in [5.41, 5.74) is 3.51. The number of carbonyl (C=O) groups is 1. The molecule has 5 heteroatoms. The number of ether oxygens (including phenoxy) is 1. The van der Waals surface area contributed by atoms with Crippen LogP contribution in [0.25, 0.3) is 0 Å². The summed E-state index contributed by atoms with van der Waals surface area (Å²) < 4.78 is 5.22. The van der Waals surface area contributed by atoms with Gasteiger partial charge in [0.15, 0.2) is 6.54 Å². The van der Waals surface area contributed by atoms with Crippen LogP contribution in [0.5, 0.6) is 5.75 Å². The molecule has 0 aromatic heterocycles. The Morgan fingerprint density at radius 1 is 0.964 bits per heavy atom. The lowest BCUT2D eigenvalue weighted by molar-refractivity contribution is -1.02. The standard InChI is InChI=1S/C23H31N3O2/c1-18(2)20-6-8-21(9-7-20)24-23(27)17-26-14-12-25(13-15-26)16-19-4-10-22(28-3)11-5-19/h4-11,18H,12-17H2,1-3H3,(H,24,27)/p+2. The van der Waals surface area contributed by atoms with Crippen molar-refractivity contribution in [2.75, 3.05) is 45.2 Å². The number of carbonyl (C=O) groups excluding carboxylic acids is 1. The van der Waals surface area contributed by atoms with Gasteiger partial charge in [0.2, 0.25) is 0 Å². The number of piperazine rings is 1. The van der Waals surface area contributed by atoms with Gasteiger partial charge in [-0.1, -0.05) is 26.0 Å². The molecule has 1 heterocycles. The van der Waals surface area contributed by atoms with Gasteiger partial charge in [0.05, 0.1) is 7.11 Å². The highest BCUT2D eigenvalue weighted by Gasteiger charge is 2.24. The lowest BCUT2D eigenvalue weighted by atomic mass is 10.0. The van der Waals surface area contributed by atoms with Gasteiger partial charge >= 0.3 is 0 Å². The first-order chi connectivity index (χ1) is 13.5. The lowest BCUT2D eigenvalue weighted by Crippen LogP contribution is -3.28. The minimum absolute atomic E-state index is 0.103. The van der Waals surface area contributed by atoms with E-state index in [2.05, 4.69) is 43.4 Å². The second-order valence-corrected chi connectivity index (χ2v) is 8.03. The van der Waals surface area contributed by atoms with Crippen LogP contribution in [-0.2, 0) is 11.3 Å². The number of hydrogen-bond donors (Lipinski definition) is 3. The Hall–Kier alpha value is -2.37. The van der Waals surface area contributed by atoms with Crippen LogP contribution >= 0.6 is 0 Å². The van der Waals surface area contributed by atoms with Crippen LogP contribution in [0.15, 0.2) is 48.5 Å². The van der Waals surface area contributed by atoms with Crippen molar-refractivity contribution in [2.24, 2.45) is 0 Å². The van der Waals surface area contributed by atoms with Gasteiger partial charge in [-0.25, -0.2) is 0 Å². The fourth-order valence-electron chi connectivity index (χ4n) is 3.73. The number of amides is 1. The zero-order chi connectivity index (χ0) is 19.9. The van der Waals surface area contributed by atoms with Crippen molar-refractivity contribution in [1.82, 2.24) is 0 Å². The molecule has 0 spiro atoms. The van der Waals surface area contributed by atoms with E-state index in [0.29, 0.717) is 12.5 Å². The third-order valence-electron chi connectivity index (χ3n) is 5.55. The van der Waals surface area contributed by atoms with Gasteiger partial charge in [-0.3, -0.25) is 4.79 Å². The van der Waals surface area contributed by atoms with Gasteiger partial charge in [-0.15, -0.1) is 0 Å². The third kappa shape index (κ3) is 5.81. The highest BCUT2D eigenvalue weighted by molar-refractivity contribution is 5.91. The fourth-order valence-corrected chi connectivity index (χ4v) is 3.73. The molecule has 0 aliphatic carbocycles. The third-order valence-corrected chi connectivity index (χ3v) is 5.55. The number of methoxy groups -OCH3 is 1. The van der Waals surface area contributed by atoms with Gasteiger partial charge < -0.3 is 19.9 Å². The van der Waals surface area contributed by atoms with Gasteiger partial charge in [0.25, 0.3) is 5.91 Å². The van der Waals surface area contributed by atoms with E-state index < -0.39 is 0 Å². The summed E-state index contributed by atoms with van der Waals surface area (Å²) in [6.45, 7) is 10.2. The summed E-state index contributed by atoms with van der Waals surface area (Å²) in [5.74, 6) is 1.51. The van der Waals surface area contributed by atoms with Crippen LogP contribution < -0.4 is 19.9 Å². The Morgan fingerprint density at radius 2 is 1.57 bits per heavy atom. The molecular formula is C23H33N3O2+2. The zero-order valence-corrected chi connectivity index (χ0v) is 17.3. The van der Waals surface area contributed by atoms with E-state index >= 15 is 0 Å². The Kier molecular flexibility index (Phi) is 7.06. The van der Waals surface area contributed by atoms with Gasteiger partial charge in [0.1, 0.15) is 38.5 Å². The Labute approximate surface area is 168 Å². The predicted molar refractivity (Wildman–Crippen MR) is 112 cm³/mol. The Morgan fingerprint density at radius 3 is 2.14 bits per heavy atom. The van der Waals surface area contributed by atoms with Crippen molar-refractivity contribution < 1.29 is 19.3 Å². The molecule has 1 aliphatic rings. The number of benzene rings is 2. The topological polar surface area (TPSA) is 47.2 Å². The summed E-state index contributed by atoms with van der Waals surface area (Å²) in [6.07, 6.45) is 0. The van der Waals surface area contributed by atoms with Crippen molar-refractivity contribution in [3.63, 3.8) is 0 Å². The van der Waals surface area contributed by atoms with Crippen LogP contribution in [0.2, 0.25) is 0 Å².